The van der Waals surface area contributed by atoms with Crippen molar-refractivity contribution < 1.29 is 18.7 Å². The van der Waals surface area contributed by atoms with Gasteiger partial charge in [0.1, 0.15) is 22.7 Å². The number of aromatic hydroxyl groups is 1. The van der Waals surface area contributed by atoms with Gasteiger partial charge in [0.25, 0.3) is 0 Å². The Hall–Kier alpha value is -3.74. The number of rotatable bonds is 4. The fourth-order valence-electron chi connectivity index (χ4n) is 4.34. The number of hydrogen-bond acceptors (Lipinski definition) is 7. The van der Waals surface area contributed by atoms with Crippen LogP contribution < -0.4 is 20.7 Å². The zero-order chi connectivity index (χ0) is 22.2. The van der Waals surface area contributed by atoms with Crippen molar-refractivity contribution in [3.63, 3.8) is 0 Å². The first-order valence-electron chi connectivity index (χ1n) is 10.7. The molecule has 0 saturated carbocycles. The molecule has 0 radical (unpaired) electrons. The molecule has 164 valence electrons. The van der Waals surface area contributed by atoms with E-state index in [0.717, 1.165) is 32.4 Å². The van der Waals surface area contributed by atoms with Crippen LogP contribution in [0.25, 0.3) is 21.9 Å². The third kappa shape index (κ3) is 3.39. The van der Waals surface area contributed by atoms with Gasteiger partial charge >= 0.3 is 5.63 Å². The molecule has 1 aliphatic heterocycles. The summed E-state index contributed by atoms with van der Waals surface area (Å²) in [5.74, 6) is 0.851. The zero-order valence-electron chi connectivity index (χ0n) is 17.7. The standard InChI is InChI=1S/C25H23NO6/c1-30-15-9-10-17-21(13-15)31-24(26-11-5-2-6-12-26)18(22(17)27)14-19-23(28)16-7-3-4-8-20(16)32-25(19)29/h3-4,7-10,13,28H,2,5-6,11-12,14H2,1H3. The molecule has 5 rings (SSSR count). The van der Waals surface area contributed by atoms with Crippen LogP contribution in [0.3, 0.4) is 0 Å². The lowest BCUT2D eigenvalue weighted by molar-refractivity contribution is 0.414. The Labute approximate surface area is 183 Å². The highest BCUT2D eigenvalue weighted by atomic mass is 16.5. The van der Waals surface area contributed by atoms with E-state index in [1.54, 1.807) is 49.6 Å². The molecule has 7 nitrogen and oxygen atoms in total. The van der Waals surface area contributed by atoms with Gasteiger partial charge in [0.15, 0.2) is 5.43 Å². The first-order valence-corrected chi connectivity index (χ1v) is 10.7. The van der Waals surface area contributed by atoms with E-state index >= 15 is 0 Å². The molecular formula is C25H23NO6. The minimum atomic E-state index is -0.667. The highest BCUT2D eigenvalue weighted by Gasteiger charge is 2.25. The van der Waals surface area contributed by atoms with Crippen LogP contribution in [0.15, 0.2) is 60.9 Å². The Morgan fingerprint density at radius 2 is 1.72 bits per heavy atom. The lowest BCUT2D eigenvalue weighted by Gasteiger charge is -2.29. The largest absolute Gasteiger partial charge is 0.507 e. The minimum Gasteiger partial charge on any atom is -0.507 e. The predicted octanol–water partition coefficient (Wildman–Crippen LogP) is 4.19. The monoisotopic (exact) mass is 433 g/mol. The molecule has 0 spiro atoms. The summed E-state index contributed by atoms with van der Waals surface area (Å²) in [6.45, 7) is 1.51. The highest BCUT2D eigenvalue weighted by molar-refractivity contribution is 5.84. The summed E-state index contributed by atoms with van der Waals surface area (Å²) in [5, 5.41) is 11.7. The van der Waals surface area contributed by atoms with E-state index in [2.05, 4.69) is 0 Å². The van der Waals surface area contributed by atoms with Gasteiger partial charge in [-0.3, -0.25) is 4.79 Å². The van der Waals surface area contributed by atoms with Crippen molar-refractivity contribution in [2.45, 2.75) is 25.7 Å². The molecule has 0 amide bonds. The van der Waals surface area contributed by atoms with E-state index < -0.39 is 5.63 Å². The average molecular weight is 433 g/mol. The van der Waals surface area contributed by atoms with Crippen LogP contribution in [0, 0.1) is 0 Å². The van der Waals surface area contributed by atoms with Gasteiger partial charge in [-0.15, -0.1) is 0 Å². The van der Waals surface area contributed by atoms with Crippen LogP contribution in [-0.2, 0) is 6.42 Å². The van der Waals surface area contributed by atoms with Crippen molar-refractivity contribution in [1.82, 2.24) is 0 Å². The Bertz CT molecular complexity index is 1430. The fraction of sp³-hybridized carbons (Fsp3) is 0.280. The maximum atomic E-state index is 13.5. The number of anilines is 1. The number of benzene rings is 2. The van der Waals surface area contributed by atoms with E-state index in [9.17, 15) is 14.7 Å². The fourth-order valence-corrected chi connectivity index (χ4v) is 4.34. The summed E-state index contributed by atoms with van der Waals surface area (Å²) in [6.07, 6.45) is 3.01. The smallest absolute Gasteiger partial charge is 0.343 e. The molecule has 0 atom stereocenters. The van der Waals surface area contributed by atoms with E-state index in [4.69, 9.17) is 13.6 Å². The molecule has 4 aromatic rings. The van der Waals surface area contributed by atoms with Crippen molar-refractivity contribution >= 4 is 27.8 Å². The average Bonchev–Trinajstić information content (AvgIpc) is 2.83. The first-order chi connectivity index (χ1) is 15.6. The maximum Gasteiger partial charge on any atom is 0.343 e. The van der Waals surface area contributed by atoms with E-state index in [0.29, 0.717) is 39.1 Å². The van der Waals surface area contributed by atoms with Gasteiger partial charge in [0, 0.05) is 25.6 Å². The predicted molar refractivity (Wildman–Crippen MR) is 122 cm³/mol. The molecule has 1 saturated heterocycles. The third-order valence-corrected chi connectivity index (χ3v) is 6.05. The highest BCUT2D eigenvalue weighted by Crippen LogP contribution is 2.32. The van der Waals surface area contributed by atoms with Crippen molar-refractivity contribution in [3.05, 3.63) is 74.2 Å². The molecule has 1 aliphatic rings. The summed E-state index contributed by atoms with van der Waals surface area (Å²) in [4.78, 5) is 28.3. The summed E-state index contributed by atoms with van der Waals surface area (Å²) in [7, 11) is 1.56. The molecule has 7 heteroatoms. The lowest BCUT2D eigenvalue weighted by atomic mass is 10.0. The topological polar surface area (TPSA) is 93.1 Å². The number of fused-ring (bicyclic) bond motifs is 2. The zero-order valence-corrected chi connectivity index (χ0v) is 17.7. The Kier molecular flexibility index (Phi) is 5.09. The summed E-state index contributed by atoms with van der Waals surface area (Å²) < 4.78 is 16.9. The second-order valence-corrected chi connectivity index (χ2v) is 8.01. The van der Waals surface area contributed by atoms with Gasteiger partial charge in [-0.2, -0.15) is 0 Å². The SMILES string of the molecule is COc1ccc2c(=O)c(Cc3c(O)c4ccccc4oc3=O)c(N3CCCCC3)oc2c1. The van der Waals surface area contributed by atoms with Gasteiger partial charge < -0.3 is 23.6 Å². The molecule has 0 bridgehead atoms. The minimum absolute atomic E-state index is 0.0436. The molecule has 1 N–H and O–H groups in total. The van der Waals surface area contributed by atoms with Gasteiger partial charge in [-0.05, 0) is 43.5 Å². The third-order valence-electron chi connectivity index (χ3n) is 6.05. The molecule has 1 fully saturated rings. The first kappa shape index (κ1) is 20.2. The van der Waals surface area contributed by atoms with Gasteiger partial charge in [-0.1, -0.05) is 12.1 Å². The number of piperidine rings is 1. The number of ether oxygens (including phenoxy) is 1. The van der Waals surface area contributed by atoms with Gasteiger partial charge in [0.05, 0.1) is 29.0 Å². The van der Waals surface area contributed by atoms with Crippen LogP contribution in [-0.4, -0.2) is 25.3 Å². The molecular weight excluding hydrogens is 410 g/mol. The number of methoxy groups -OCH3 is 1. The van der Waals surface area contributed by atoms with Crippen LogP contribution in [0.1, 0.15) is 30.4 Å². The molecule has 0 aliphatic carbocycles. The Morgan fingerprint density at radius 3 is 2.50 bits per heavy atom. The van der Waals surface area contributed by atoms with Crippen LogP contribution in [0.2, 0.25) is 0 Å². The van der Waals surface area contributed by atoms with Crippen LogP contribution in [0.5, 0.6) is 11.5 Å². The molecule has 32 heavy (non-hydrogen) atoms. The number of hydrogen-bond donors (Lipinski definition) is 1. The van der Waals surface area contributed by atoms with Crippen molar-refractivity contribution in [3.8, 4) is 11.5 Å². The van der Waals surface area contributed by atoms with E-state index in [1.165, 1.54) is 0 Å². The van der Waals surface area contributed by atoms with Gasteiger partial charge in [-0.25, -0.2) is 4.79 Å². The molecule has 3 heterocycles. The Balaban J connectivity index is 1.72. The Morgan fingerprint density at radius 1 is 0.938 bits per heavy atom. The number of para-hydroxylation sites is 1. The maximum absolute atomic E-state index is 13.5. The summed E-state index contributed by atoms with van der Waals surface area (Å²) in [6, 6.07) is 11.8. The summed E-state index contributed by atoms with van der Waals surface area (Å²) >= 11 is 0. The van der Waals surface area contributed by atoms with Crippen molar-refractivity contribution in [2.24, 2.45) is 0 Å². The normalized spacial score (nSPS) is 14.2. The van der Waals surface area contributed by atoms with Gasteiger partial charge in [0.2, 0.25) is 5.88 Å². The van der Waals surface area contributed by atoms with Crippen molar-refractivity contribution in [2.75, 3.05) is 25.1 Å². The lowest BCUT2D eigenvalue weighted by Crippen LogP contribution is -2.32. The quantitative estimate of drug-likeness (QED) is 0.482. The molecule has 0 unspecified atom stereocenters. The summed E-state index contributed by atoms with van der Waals surface area (Å²) in [5.41, 5.74) is 0.201. The second-order valence-electron chi connectivity index (χ2n) is 8.01. The van der Waals surface area contributed by atoms with E-state index in [-0.39, 0.29) is 23.2 Å². The van der Waals surface area contributed by atoms with E-state index in [1.807, 2.05) is 4.90 Å². The number of nitrogens with zero attached hydrogens (tertiary/aromatic N) is 1. The molecule has 2 aromatic heterocycles. The van der Waals surface area contributed by atoms with Crippen LogP contribution >= 0.6 is 0 Å². The second kappa shape index (κ2) is 8.07. The van der Waals surface area contributed by atoms with Crippen LogP contribution in [0.4, 0.5) is 5.88 Å². The van der Waals surface area contributed by atoms with Crippen molar-refractivity contribution in [1.29, 1.82) is 0 Å². The molecule has 2 aromatic carbocycles.